The van der Waals surface area contributed by atoms with E-state index in [-0.39, 0.29) is 0 Å². The monoisotopic (exact) mass is 358 g/mol. The molecule has 4 heterocycles. The first-order valence-corrected chi connectivity index (χ1v) is 8.54. The molecule has 1 aliphatic heterocycles. The van der Waals surface area contributed by atoms with Crippen LogP contribution >= 0.6 is 11.6 Å². The molecule has 1 saturated heterocycles. The maximum Gasteiger partial charge on any atom is 0.145 e. The van der Waals surface area contributed by atoms with Crippen molar-refractivity contribution in [1.82, 2.24) is 24.7 Å². The maximum atomic E-state index is 6.10. The quantitative estimate of drug-likeness (QED) is 0.728. The molecule has 0 amide bonds. The highest BCUT2D eigenvalue weighted by molar-refractivity contribution is 6.30. The Morgan fingerprint density at radius 2 is 2.28 bits per heavy atom. The van der Waals surface area contributed by atoms with Gasteiger partial charge in [0.15, 0.2) is 0 Å². The van der Waals surface area contributed by atoms with Gasteiger partial charge in [-0.15, -0.1) is 0 Å². The summed E-state index contributed by atoms with van der Waals surface area (Å²) in [5, 5.41) is 7.53. The Morgan fingerprint density at radius 1 is 1.36 bits per heavy atom. The van der Waals surface area contributed by atoms with Crippen molar-refractivity contribution in [2.24, 2.45) is 0 Å². The molecule has 25 heavy (non-hydrogen) atoms. The first-order valence-electron chi connectivity index (χ1n) is 8.17. The third kappa shape index (κ3) is 3.44. The van der Waals surface area contributed by atoms with Gasteiger partial charge in [-0.2, -0.15) is 0 Å². The highest BCUT2D eigenvalue weighted by Crippen LogP contribution is 2.22. The summed E-state index contributed by atoms with van der Waals surface area (Å²) in [6.07, 6.45) is 8.08. The predicted molar refractivity (Wildman–Crippen MR) is 96.9 cm³/mol. The van der Waals surface area contributed by atoms with Crippen LogP contribution in [-0.2, 0) is 4.74 Å². The van der Waals surface area contributed by atoms with E-state index >= 15 is 0 Å². The Hall–Kier alpha value is -2.22. The second kappa shape index (κ2) is 6.95. The van der Waals surface area contributed by atoms with Crippen molar-refractivity contribution in [3.63, 3.8) is 0 Å². The first kappa shape index (κ1) is 16.3. The number of anilines is 1. The van der Waals surface area contributed by atoms with E-state index in [1.165, 1.54) is 0 Å². The lowest BCUT2D eigenvalue weighted by molar-refractivity contribution is 0.173. The lowest BCUT2D eigenvalue weighted by atomic mass is 10.2. The molecule has 3 aromatic heterocycles. The van der Waals surface area contributed by atoms with Crippen molar-refractivity contribution < 1.29 is 4.74 Å². The van der Waals surface area contributed by atoms with E-state index in [9.17, 15) is 0 Å². The van der Waals surface area contributed by atoms with E-state index in [2.05, 4.69) is 20.6 Å². The lowest BCUT2D eigenvalue weighted by Crippen LogP contribution is -2.26. The largest absolute Gasteiger partial charge is 0.383 e. The molecule has 0 spiro atoms. The van der Waals surface area contributed by atoms with Crippen LogP contribution in [0.1, 0.15) is 6.42 Å². The first-order chi connectivity index (χ1) is 12.2. The van der Waals surface area contributed by atoms with Crippen molar-refractivity contribution in [3.05, 3.63) is 41.9 Å². The summed E-state index contributed by atoms with van der Waals surface area (Å²) in [6.45, 7) is 1.59. The summed E-state index contributed by atoms with van der Waals surface area (Å²) in [7, 11) is 1.72. The number of ether oxygens (including phenoxy) is 1. The zero-order valence-electron chi connectivity index (χ0n) is 13.8. The van der Waals surface area contributed by atoms with E-state index in [4.69, 9.17) is 21.3 Å². The minimum Gasteiger partial charge on any atom is -0.383 e. The van der Waals surface area contributed by atoms with Gasteiger partial charge in [-0.25, -0.2) is 9.97 Å². The zero-order chi connectivity index (χ0) is 17.2. The van der Waals surface area contributed by atoms with E-state index in [0.29, 0.717) is 23.7 Å². The molecule has 1 aliphatic rings. The van der Waals surface area contributed by atoms with Crippen LogP contribution in [0.3, 0.4) is 0 Å². The number of aromatic nitrogens is 4. The second-order valence-electron chi connectivity index (χ2n) is 6.15. The number of hydrogen-bond acceptors (Lipinski definition) is 6. The number of hydrogen-bond donors (Lipinski definition) is 2. The topological polar surface area (TPSA) is 76.4 Å². The van der Waals surface area contributed by atoms with Crippen LogP contribution in [0.15, 0.2) is 36.9 Å². The fourth-order valence-corrected chi connectivity index (χ4v) is 3.33. The number of nitrogens with one attached hydrogen (secondary N) is 2. The molecule has 0 bridgehead atoms. The van der Waals surface area contributed by atoms with Gasteiger partial charge in [0.05, 0.1) is 35.9 Å². The summed E-state index contributed by atoms with van der Waals surface area (Å²) in [4.78, 5) is 13.4. The normalized spacial score (nSPS) is 20.2. The standard InChI is InChI=1S/C17H19ClN6O/c1-25-10-13-4-12(5-20-13)22-16-8-19-6-14(23-16)15-7-21-17-3-2-11(18)9-24(15)17/h2-3,6-9,12-13,20H,4-5,10H2,1H3,(H,22,23). The summed E-state index contributed by atoms with van der Waals surface area (Å²) >= 11 is 6.10. The summed E-state index contributed by atoms with van der Waals surface area (Å²) in [5.74, 6) is 0.749. The predicted octanol–water partition coefficient (Wildman–Crippen LogP) is 2.23. The molecular formula is C17H19ClN6O. The molecule has 8 heteroatoms. The van der Waals surface area contributed by atoms with Crippen molar-refractivity contribution in [2.45, 2.75) is 18.5 Å². The minimum atomic E-state index is 0.307. The molecule has 0 radical (unpaired) electrons. The Labute approximate surface area is 150 Å². The number of imidazole rings is 1. The van der Waals surface area contributed by atoms with Crippen LogP contribution < -0.4 is 10.6 Å². The Bertz CT molecular complexity index is 882. The van der Waals surface area contributed by atoms with E-state index in [1.807, 2.05) is 22.7 Å². The van der Waals surface area contributed by atoms with Gasteiger partial charge in [-0.1, -0.05) is 11.6 Å². The fraction of sp³-hybridized carbons (Fsp3) is 0.353. The molecule has 0 aliphatic carbocycles. The lowest BCUT2D eigenvalue weighted by Gasteiger charge is -2.13. The van der Waals surface area contributed by atoms with Crippen molar-refractivity contribution in [3.8, 4) is 11.4 Å². The van der Waals surface area contributed by atoms with E-state index < -0.39 is 0 Å². The van der Waals surface area contributed by atoms with Gasteiger partial charge in [0.1, 0.15) is 17.2 Å². The summed E-state index contributed by atoms with van der Waals surface area (Å²) in [5.41, 5.74) is 2.43. The van der Waals surface area contributed by atoms with Gasteiger partial charge in [-0.05, 0) is 18.6 Å². The van der Waals surface area contributed by atoms with Crippen LogP contribution in [-0.4, -0.2) is 51.7 Å². The van der Waals surface area contributed by atoms with Crippen LogP contribution in [0.5, 0.6) is 0 Å². The molecule has 2 N–H and O–H groups in total. The maximum absolute atomic E-state index is 6.10. The molecule has 2 atom stereocenters. The number of rotatable bonds is 5. The third-order valence-corrected chi connectivity index (χ3v) is 4.53. The van der Waals surface area contributed by atoms with Crippen molar-refractivity contribution in [1.29, 1.82) is 0 Å². The molecule has 3 aromatic rings. The van der Waals surface area contributed by atoms with Crippen LogP contribution in [0.25, 0.3) is 17.0 Å². The number of methoxy groups -OCH3 is 1. The van der Waals surface area contributed by atoms with E-state index in [1.54, 1.807) is 25.7 Å². The van der Waals surface area contributed by atoms with E-state index in [0.717, 1.165) is 35.8 Å². The van der Waals surface area contributed by atoms with Crippen molar-refractivity contribution in [2.75, 3.05) is 25.6 Å². The second-order valence-corrected chi connectivity index (χ2v) is 6.58. The fourth-order valence-electron chi connectivity index (χ4n) is 3.17. The number of halogens is 1. The Morgan fingerprint density at radius 3 is 3.16 bits per heavy atom. The van der Waals surface area contributed by atoms with Gasteiger partial charge in [0, 0.05) is 31.9 Å². The molecule has 130 valence electrons. The van der Waals surface area contributed by atoms with Gasteiger partial charge in [-0.3, -0.25) is 9.38 Å². The van der Waals surface area contributed by atoms with Crippen LogP contribution in [0, 0.1) is 0 Å². The molecule has 4 rings (SSSR count). The van der Waals surface area contributed by atoms with Crippen LogP contribution in [0.4, 0.5) is 5.82 Å². The van der Waals surface area contributed by atoms with Crippen molar-refractivity contribution >= 4 is 23.1 Å². The smallest absolute Gasteiger partial charge is 0.145 e. The average molecular weight is 359 g/mol. The minimum absolute atomic E-state index is 0.307. The average Bonchev–Trinajstić information content (AvgIpc) is 3.22. The molecule has 0 aromatic carbocycles. The molecule has 0 saturated carbocycles. The molecular weight excluding hydrogens is 340 g/mol. The SMILES string of the molecule is COCC1CC(Nc2cncc(-c3cnc4ccc(Cl)cn34)n2)CN1. The van der Waals surface area contributed by atoms with Gasteiger partial charge >= 0.3 is 0 Å². The van der Waals surface area contributed by atoms with Crippen LogP contribution in [0.2, 0.25) is 5.02 Å². The summed E-state index contributed by atoms with van der Waals surface area (Å²) in [6, 6.07) is 4.38. The Balaban J connectivity index is 1.56. The van der Waals surface area contributed by atoms with Gasteiger partial charge in [0.25, 0.3) is 0 Å². The third-order valence-electron chi connectivity index (χ3n) is 4.31. The van der Waals surface area contributed by atoms with Gasteiger partial charge < -0.3 is 15.4 Å². The highest BCUT2D eigenvalue weighted by Gasteiger charge is 2.24. The molecule has 1 fully saturated rings. The van der Waals surface area contributed by atoms with Gasteiger partial charge in [0.2, 0.25) is 0 Å². The highest BCUT2D eigenvalue weighted by atomic mass is 35.5. The number of nitrogens with zero attached hydrogens (tertiary/aromatic N) is 4. The number of fused-ring (bicyclic) bond motifs is 1. The molecule has 7 nitrogen and oxygen atoms in total. The zero-order valence-corrected chi connectivity index (χ0v) is 14.6. The number of pyridine rings is 1. The molecule has 2 unspecified atom stereocenters. The Kier molecular flexibility index (Phi) is 4.52. The summed E-state index contributed by atoms with van der Waals surface area (Å²) < 4.78 is 7.12.